The van der Waals surface area contributed by atoms with Gasteiger partial charge in [0.25, 0.3) is 0 Å². The number of aliphatic hydroxyl groups is 1. The van der Waals surface area contributed by atoms with Crippen molar-refractivity contribution in [2.45, 2.75) is 24.8 Å². The minimum atomic E-state index is -0.721. The van der Waals surface area contributed by atoms with Gasteiger partial charge in [0.05, 0.1) is 5.25 Å². The van der Waals surface area contributed by atoms with Crippen LogP contribution in [0.15, 0.2) is 0 Å². The summed E-state index contributed by atoms with van der Waals surface area (Å²) in [6.07, 6.45) is 1.53. The predicted octanol–water partition coefficient (Wildman–Crippen LogP) is -0.595. The molecule has 0 bridgehead atoms. The van der Waals surface area contributed by atoms with Crippen molar-refractivity contribution >= 4 is 23.6 Å². The lowest BCUT2D eigenvalue weighted by atomic mass is 10.3. The highest BCUT2D eigenvalue weighted by Crippen LogP contribution is 2.26. The third kappa shape index (κ3) is 3.10. The summed E-state index contributed by atoms with van der Waals surface area (Å²) in [5.41, 5.74) is 0. The standard InChI is InChI=1S/C9H16N2O3S/c1-6(12)10-3-4-11-8(13)5-7(15-2)9(11)14/h7,9,14H,3-5H2,1-2H3,(H,10,12). The molecule has 1 aliphatic heterocycles. The van der Waals surface area contributed by atoms with Crippen molar-refractivity contribution in [1.82, 2.24) is 10.2 Å². The minimum Gasteiger partial charge on any atom is -0.372 e. The average Bonchev–Trinajstić information content (AvgIpc) is 2.44. The van der Waals surface area contributed by atoms with E-state index in [4.69, 9.17) is 0 Å². The van der Waals surface area contributed by atoms with Gasteiger partial charge >= 0.3 is 0 Å². The number of nitrogens with zero attached hydrogens (tertiary/aromatic N) is 1. The Kier molecular flexibility index (Phi) is 4.41. The molecule has 1 heterocycles. The maximum atomic E-state index is 11.5. The van der Waals surface area contributed by atoms with Gasteiger partial charge in [-0.3, -0.25) is 9.59 Å². The molecule has 2 atom stereocenters. The van der Waals surface area contributed by atoms with Gasteiger partial charge in [0.1, 0.15) is 6.23 Å². The van der Waals surface area contributed by atoms with E-state index in [0.29, 0.717) is 19.5 Å². The molecule has 2 unspecified atom stereocenters. The first-order chi connectivity index (χ1) is 7.06. The van der Waals surface area contributed by atoms with Crippen LogP contribution in [0.5, 0.6) is 0 Å². The van der Waals surface area contributed by atoms with Crippen LogP contribution in [0.3, 0.4) is 0 Å². The molecule has 0 aliphatic carbocycles. The van der Waals surface area contributed by atoms with Crippen LogP contribution in [0.25, 0.3) is 0 Å². The van der Waals surface area contributed by atoms with Gasteiger partial charge in [-0.05, 0) is 6.26 Å². The number of carbonyl (C=O) groups excluding carboxylic acids is 2. The van der Waals surface area contributed by atoms with E-state index in [2.05, 4.69) is 5.32 Å². The average molecular weight is 232 g/mol. The first-order valence-electron chi connectivity index (χ1n) is 4.81. The van der Waals surface area contributed by atoms with Crippen LogP contribution in [0.2, 0.25) is 0 Å². The summed E-state index contributed by atoms with van der Waals surface area (Å²) >= 11 is 1.49. The molecule has 6 heteroatoms. The van der Waals surface area contributed by atoms with Crippen molar-refractivity contribution < 1.29 is 14.7 Å². The molecular formula is C9H16N2O3S. The van der Waals surface area contributed by atoms with Crippen LogP contribution < -0.4 is 5.32 Å². The molecule has 1 saturated heterocycles. The molecule has 2 amide bonds. The van der Waals surface area contributed by atoms with Gasteiger partial charge < -0.3 is 15.3 Å². The van der Waals surface area contributed by atoms with Gasteiger partial charge in [0.15, 0.2) is 0 Å². The number of amides is 2. The van der Waals surface area contributed by atoms with Gasteiger partial charge in [0.2, 0.25) is 11.8 Å². The minimum absolute atomic E-state index is 0.0465. The monoisotopic (exact) mass is 232 g/mol. The number of nitrogens with one attached hydrogen (secondary N) is 1. The van der Waals surface area contributed by atoms with E-state index in [0.717, 1.165) is 0 Å². The van der Waals surface area contributed by atoms with Crippen LogP contribution in [-0.4, -0.2) is 52.6 Å². The molecule has 86 valence electrons. The summed E-state index contributed by atoms with van der Waals surface area (Å²) in [7, 11) is 0. The third-order valence-electron chi connectivity index (χ3n) is 2.38. The number of hydrogen-bond acceptors (Lipinski definition) is 4. The highest BCUT2D eigenvalue weighted by molar-refractivity contribution is 7.99. The third-order valence-corrected chi connectivity index (χ3v) is 3.39. The Bertz CT molecular complexity index is 260. The summed E-state index contributed by atoms with van der Waals surface area (Å²) in [4.78, 5) is 23.5. The topological polar surface area (TPSA) is 69.6 Å². The van der Waals surface area contributed by atoms with Gasteiger partial charge in [0, 0.05) is 26.4 Å². The van der Waals surface area contributed by atoms with Crippen molar-refractivity contribution in [3.05, 3.63) is 0 Å². The summed E-state index contributed by atoms with van der Waals surface area (Å²) in [5, 5.41) is 12.3. The molecule has 15 heavy (non-hydrogen) atoms. The number of thioether (sulfide) groups is 1. The number of rotatable bonds is 4. The predicted molar refractivity (Wildman–Crippen MR) is 58.3 cm³/mol. The maximum absolute atomic E-state index is 11.5. The Hall–Kier alpha value is -0.750. The molecule has 5 nitrogen and oxygen atoms in total. The Morgan fingerprint density at radius 3 is 2.87 bits per heavy atom. The zero-order valence-corrected chi connectivity index (χ0v) is 9.71. The lowest BCUT2D eigenvalue weighted by Gasteiger charge is -2.22. The zero-order chi connectivity index (χ0) is 11.4. The maximum Gasteiger partial charge on any atom is 0.225 e. The number of hydrogen-bond donors (Lipinski definition) is 2. The number of likely N-dealkylation sites (tertiary alicyclic amines) is 1. The smallest absolute Gasteiger partial charge is 0.225 e. The Morgan fingerprint density at radius 1 is 1.73 bits per heavy atom. The second-order valence-electron chi connectivity index (χ2n) is 3.46. The fraction of sp³-hybridized carbons (Fsp3) is 0.778. The molecule has 1 fully saturated rings. The molecule has 0 saturated carbocycles. The van der Waals surface area contributed by atoms with Crippen LogP contribution in [0.1, 0.15) is 13.3 Å². The molecule has 2 N–H and O–H groups in total. The highest BCUT2D eigenvalue weighted by atomic mass is 32.2. The van der Waals surface area contributed by atoms with E-state index in [1.54, 1.807) is 0 Å². The molecule has 0 radical (unpaired) electrons. The summed E-state index contributed by atoms with van der Waals surface area (Å²) in [6.45, 7) is 2.18. The normalized spacial score (nSPS) is 25.8. The first-order valence-corrected chi connectivity index (χ1v) is 6.10. The zero-order valence-electron chi connectivity index (χ0n) is 8.90. The molecule has 1 rings (SSSR count). The fourth-order valence-corrected chi connectivity index (χ4v) is 2.26. The molecule has 0 spiro atoms. The van der Waals surface area contributed by atoms with Crippen molar-refractivity contribution in [1.29, 1.82) is 0 Å². The lowest BCUT2D eigenvalue weighted by molar-refractivity contribution is -0.133. The van der Waals surface area contributed by atoms with Gasteiger partial charge in [-0.2, -0.15) is 11.8 Å². The van der Waals surface area contributed by atoms with Crippen LogP contribution in [-0.2, 0) is 9.59 Å². The SMILES string of the molecule is CSC1CC(=O)N(CCNC(C)=O)C1O. The number of aliphatic hydroxyl groups excluding tert-OH is 1. The largest absolute Gasteiger partial charge is 0.372 e. The van der Waals surface area contributed by atoms with Crippen molar-refractivity contribution in [3.63, 3.8) is 0 Å². The Morgan fingerprint density at radius 2 is 2.40 bits per heavy atom. The van der Waals surface area contributed by atoms with Gasteiger partial charge in [-0.15, -0.1) is 0 Å². The van der Waals surface area contributed by atoms with E-state index in [-0.39, 0.29) is 17.1 Å². The van der Waals surface area contributed by atoms with E-state index in [1.165, 1.54) is 23.6 Å². The Balaban J connectivity index is 2.41. The van der Waals surface area contributed by atoms with E-state index >= 15 is 0 Å². The van der Waals surface area contributed by atoms with Crippen LogP contribution in [0.4, 0.5) is 0 Å². The van der Waals surface area contributed by atoms with Gasteiger partial charge in [-0.1, -0.05) is 0 Å². The first kappa shape index (κ1) is 12.3. The Labute approximate surface area is 93.2 Å². The second kappa shape index (κ2) is 5.37. The summed E-state index contributed by atoms with van der Waals surface area (Å²) < 4.78 is 0. The fourth-order valence-electron chi connectivity index (χ4n) is 1.56. The van der Waals surface area contributed by atoms with E-state index in [1.807, 2.05) is 6.26 Å². The van der Waals surface area contributed by atoms with E-state index < -0.39 is 6.23 Å². The quantitative estimate of drug-likeness (QED) is 0.679. The number of carbonyl (C=O) groups is 2. The second-order valence-corrected chi connectivity index (χ2v) is 4.54. The van der Waals surface area contributed by atoms with Crippen molar-refractivity contribution in [2.75, 3.05) is 19.3 Å². The van der Waals surface area contributed by atoms with E-state index in [9.17, 15) is 14.7 Å². The van der Waals surface area contributed by atoms with Crippen LogP contribution >= 0.6 is 11.8 Å². The highest BCUT2D eigenvalue weighted by Gasteiger charge is 2.37. The van der Waals surface area contributed by atoms with Crippen molar-refractivity contribution in [2.24, 2.45) is 0 Å². The molecular weight excluding hydrogens is 216 g/mol. The van der Waals surface area contributed by atoms with Gasteiger partial charge in [-0.25, -0.2) is 0 Å². The molecule has 1 aliphatic rings. The molecule has 0 aromatic carbocycles. The molecule has 0 aromatic heterocycles. The lowest BCUT2D eigenvalue weighted by Crippen LogP contribution is -2.41. The molecule has 0 aromatic rings. The van der Waals surface area contributed by atoms with Crippen molar-refractivity contribution in [3.8, 4) is 0 Å². The summed E-state index contributed by atoms with van der Waals surface area (Å²) in [5.74, 6) is -0.176. The summed E-state index contributed by atoms with van der Waals surface area (Å²) in [6, 6.07) is 0. The van der Waals surface area contributed by atoms with Crippen LogP contribution in [0, 0.1) is 0 Å².